The number of carbonyl (C=O) groups excluding carboxylic acids is 1. The van der Waals surface area contributed by atoms with Gasteiger partial charge in [0.25, 0.3) is 5.56 Å². The largest absolute Gasteiger partial charge is 0.385 e. The minimum absolute atomic E-state index is 0.0690. The molecule has 0 saturated carbocycles. The van der Waals surface area contributed by atoms with E-state index in [4.69, 9.17) is 15.5 Å². The Morgan fingerprint density at radius 1 is 1.12 bits per heavy atom. The first-order chi connectivity index (χ1) is 20.3. The second kappa shape index (κ2) is 12.9. The fourth-order valence-electron chi connectivity index (χ4n) is 5.98. The van der Waals surface area contributed by atoms with Crippen LogP contribution in [0.3, 0.4) is 0 Å². The molecule has 1 amide bonds. The third-order valence-electron chi connectivity index (χ3n) is 8.20. The molecule has 1 fully saturated rings. The fraction of sp³-hybridized carbons (Fsp3) is 0.438. The van der Waals surface area contributed by atoms with Crippen LogP contribution in [0.4, 0.5) is 0 Å². The smallest absolute Gasteiger partial charge is 0.330 e. The summed E-state index contributed by atoms with van der Waals surface area (Å²) in [5.74, 6) is 1.29. The zero-order valence-corrected chi connectivity index (χ0v) is 24.7. The second-order valence-electron chi connectivity index (χ2n) is 11.3. The maximum Gasteiger partial charge on any atom is 0.330 e. The van der Waals surface area contributed by atoms with E-state index in [0.717, 1.165) is 64.9 Å². The number of hydrogen-bond acceptors (Lipinski definition) is 6. The van der Waals surface area contributed by atoms with Crippen molar-refractivity contribution in [1.29, 1.82) is 0 Å². The van der Waals surface area contributed by atoms with Gasteiger partial charge in [0.15, 0.2) is 0 Å². The highest BCUT2D eigenvalue weighted by Gasteiger charge is 2.29. The van der Waals surface area contributed by atoms with Crippen LogP contribution in [0, 0.1) is 0 Å². The van der Waals surface area contributed by atoms with Crippen LogP contribution in [-0.4, -0.2) is 62.3 Å². The number of carbonyl (C=O) groups is 1. The van der Waals surface area contributed by atoms with Crippen molar-refractivity contribution >= 4 is 16.9 Å². The van der Waals surface area contributed by atoms with Crippen molar-refractivity contribution in [3.63, 3.8) is 0 Å². The number of piperidine rings is 1. The first-order valence-corrected chi connectivity index (χ1v) is 14.6. The molecular formula is C32H40N6O4. The van der Waals surface area contributed by atoms with Crippen LogP contribution in [0.5, 0.6) is 0 Å². The highest BCUT2D eigenvalue weighted by Crippen LogP contribution is 2.30. The summed E-state index contributed by atoms with van der Waals surface area (Å²) in [5.41, 5.74) is 10.0. The number of hydrogen-bond donors (Lipinski definition) is 1. The number of nitrogens with two attached hydrogens (primary N) is 1. The second-order valence-corrected chi connectivity index (χ2v) is 11.3. The molecule has 42 heavy (non-hydrogen) atoms. The van der Waals surface area contributed by atoms with Gasteiger partial charge in [0, 0.05) is 72.0 Å². The van der Waals surface area contributed by atoms with Crippen molar-refractivity contribution in [2.24, 2.45) is 19.8 Å². The zero-order chi connectivity index (χ0) is 29.8. The van der Waals surface area contributed by atoms with Crippen molar-refractivity contribution < 1.29 is 9.53 Å². The summed E-state index contributed by atoms with van der Waals surface area (Å²) in [7, 11) is 4.82. The molecule has 1 aliphatic rings. The van der Waals surface area contributed by atoms with E-state index in [2.05, 4.69) is 10.6 Å². The molecule has 4 aromatic rings. The van der Waals surface area contributed by atoms with E-state index in [1.54, 1.807) is 20.4 Å². The van der Waals surface area contributed by atoms with Gasteiger partial charge in [0.1, 0.15) is 5.82 Å². The lowest BCUT2D eigenvalue weighted by atomic mass is 9.95. The number of ether oxygens (including phenoxy) is 1. The van der Waals surface area contributed by atoms with Crippen LogP contribution >= 0.6 is 0 Å². The average Bonchev–Trinajstić information content (AvgIpc) is 3.37. The molecular weight excluding hydrogens is 532 g/mol. The summed E-state index contributed by atoms with van der Waals surface area (Å²) < 4.78 is 10.1. The van der Waals surface area contributed by atoms with Crippen molar-refractivity contribution in [2.75, 3.05) is 26.8 Å². The van der Waals surface area contributed by atoms with Crippen LogP contribution in [0.25, 0.3) is 22.2 Å². The lowest BCUT2D eigenvalue weighted by Gasteiger charge is -2.33. The van der Waals surface area contributed by atoms with Gasteiger partial charge >= 0.3 is 5.69 Å². The summed E-state index contributed by atoms with van der Waals surface area (Å²) in [6, 6.07) is 15.5. The van der Waals surface area contributed by atoms with Crippen LogP contribution in [0.15, 0.2) is 64.3 Å². The number of methoxy groups -OCH3 is 1. The van der Waals surface area contributed by atoms with E-state index in [1.165, 1.54) is 11.6 Å². The Labute approximate surface area is 245 Å². The molecule has 0 aliphatic carbocycles. The van der Waals surface area contributed by atoms with Crippen molar-refractivity contribution in [3.8, 4) is 11.1 Å². The molecule has 10 nitrogen and oxygen atoms in total. The number of benzene rings is 2. The topological polar surface area (TPSA) is 117 Å². The van der Waals surface area contributed by atoms with Crippen molar-refractivity contribution in [3.05, 3.63) is 87.0 Å². The number of amides is 1. The molecule has 2 aromatic heterocycles. The average molecular weight is 573 g/mol. The predicted octanol–water partition coefficient (Wildman–Crippen LogP) is 2.80. The maximum absolute atomic E-state index is 13.3. The zero-order valence-electron chi connectivity index (χ0n) is 24.7. The molecule has 0 bridgehead atoms. The predicted molar refractivity (Wildman–Crippen MR) is 163 cm³/mol. The minimum Gasteiger partial charge on any atom is -0.385 e. The molecule has 0 radical (unpaired) electrons. The van der Waals surface area contributed by atoms with Gasteiger partial charge in [-0.05, 0) is 48.9 Å². The lowest BCUT2D eigenvalue weighted by molar-refractivity contribution is -0.132. The van der Waals surface area contributed by atoms with Gasteiger partial charge in [-0.3, -0.25) is 14.2 Å². The molecule has 0 unspecified atom stereocenters. The van der Waals surface area contributed by atoms with E-state index in [0.29, 0.717) is 25.1 Å². The molecule has 3 heterocycles. The quantitative estimate of drug-likeness (QED) is 0.292. The number of nitrogens with zero attached hydrogens (tertiary/aromatic N) is 5. The fourth-order valence-corrected chi connectivity index (χ4v) is 5.98. The molecule has 0 spiro atoms. The summed E-state index contributed by atoms with van der Waals surface area (Å²) in [4.78, 5) is 44.9. The molecule has 5 rings (SSSR count). The van der Waals surface area contributed by atoms with E-state index >= 15 is 0 Å². The summed E-state index contributed by atoms with van der Waals surface area (Å²) in [6.07, 6.45) is 5.19. The number of imidazole rings is 1. The number of rotatable bonds is 10. The molecule has 1 saturated heterocycles. The van der Waals surface area contributed by atoms with E-state index in [1.807, 2.05) is 47.4 Å². The van der Waals surface area contributed by atoms with Crippen LogP contribution in [0.1, 0.15) is 43.0 Å². The molecule has 2 aromatic carbocycles. The number of fused-ring (bicyclic) bond motifs is 1. The van der Waals surface area contributed by atoms with Crippen LogP contribution in [-0.2, 0) is 36.6 Å². The van der Waals surface area contributed by atoms with E-state index in [9.17, 15) is 14.4 Å². The molecule has 10 heteroatoms. The first kappa shape index (κ1) is 29.5. The highest BCUT2D eigenvalue weighted by molar-refractivity contribution is 5.78. The SMILES string of the molecule is COCCCn1c([C@@H]2CCCN(C(=O)C[C@H](N)Cc3ccc(-c4cn(C)c(=O)n(C)c4=O)cc3)C2)nc2ccccc21. The maximum atomic E-state index is 13.3. The third kappa shape index (κ3) is 6.24. The Balaban J connectivity index is 1.23. The number of aryl methyl sites for hydroxylation is 2. The summed E-state index contributed by atoms with van der Waals surface area (Å²) >= 11 is 0. The van der Waals surface area contributed by atoms with Gasteiger partial charge in [-0.1, -0.05) is 36.4 Å². The van der Waals surface area contributed by atoms with E-state index < -0.39 is 0 Å². The molecule has 2 N–H and O–H groups in total. The Morgan fingerprint density at radius 2 is 1.88 bits per heavy atom. The normalized spacial score (nSPS) is 16.2. The lowest BCUT2D eigenvalue weighted by Crippen LogP contribution is -2.42. The molecule has 222 valence electrons. The summed E-state index contributed by atoms with van der Waals surface area (Å²) in [6.45, 7) is 2.89. The highest BCUT2D eigenvalue weighted by atomic mass is 16.5. The molecule has 2 atom stereocenters. The minimum atomic E-state index is -0.364. The standard InChI is InChI=1S/C32H40N6O4/c1-35-21-26(31(40)36(2)32(35)41)23-13-11-22(12-14-23)18-25(33)19-29(39)37-15-6-8-24(20-37)30-34-27-9-4-5-10-28(27)38(30)16-7-17-42-3/h4-5,9-14,21,24-25H,6-8,15-20,33H2,1-3H3/t24-,25-/m1/s1. The van der Waals surface area contributed by atoms with Crippen LogP contribution in [0.2, 0.25) is 0 Å². The van der Waals surface area contributed by atoms with Gasteiger partial charge in [0.2, 0.25) is 5.91 Å². The van der Waals surface area contributed by atoms with Gasteiger partial charge in [0.05, 0.1) is 16.6 Å². The first-order valence-electron chi connectivity index (χ1n) is 14.6. The van der Waals surface area contributed by atoms with Gasteiger partial charge in [-0.2, -0.15) is 0 Å². The number of likely N-dealkylation sites (tertiary alicyclic amines) is 1. The van der Waals surface area contributed by atoms with Crippen molar-refractivity contribution in [1.82, 2.24) is 23.6 Å². The number of para-hydroxylation sites is 2. The van der Waals surface area contributed by atoms with Crippen LogP contribution < -0.4 is 17.0 Å². The van der Waals surface area contributed by atoms with E-state index in [-0.39, 0.29) is 35.5 Å². The Kier molecular flexibility index (Phi) is 9.03. The van der Waals surface area contributed by atoms with Gasteiger partial charge < -0.3 is 24.5 Å². The van der Waals surface area contributed by atoms with Crippen molar-refractivity contribution in [2.45, 2.75) is 50.6 Å². The Hall–Kier alpha value is -4.02. The summed E-state index contributed by atoms with van der Waals surface area (Å²) in [5, 5.41) is 0. The Bertz CT molecular complexity index is 1670. The van der Waals surface area contributed by atoms with Gasteiger partial charge in [-0.25, -0.2) is 9.78 Å². The number of aromatic nitrogens is 4. The third-order valence-corrected chi connectivity index (χ3v) is 8.20. The molecule has 1 aliphatic heterocycles. The Morgan fingerprint density at radius 3 is 2.64 bits per heavy atom. The monoisotopic (exact) mass is 572 g/mol. The van der Waals surface area contributed by atoms with Gasteiger partial charge in [-0.15, -0.1) is 0 Å².